The summed E-state index contributed by atoms with van der Waals surface area (Å²) in [4.78, 5) is 0. The zero-order valence-corrected chi connectivity index (χ0v) is 11.9. The molecule has 21 heavy (non-hydrogen) atoms. The van der Waals surface area contributed by atoms with Gasteiger partial charge >= 0.3 is 0 Å². The van der Waals surface area contributed by atoms with Crippen molar-refractivity contribution >= 4 is 0 Å². The van der Waals surface area contributed by atoms with Gasteiger partial charge in [0.15, 0.2) is 0 Å². The molecule has 0 aromatic heterocycles. The molecule has 0 saturated heterocycles. The van der Waals surface area contributed by atoms with E-state index < -0.39 is 11.6 Å². The largest absolute Gasteiger partial charge is 0.496 e. The van der Waals surface area contributed by atoms with Gasteiger partial charge in [0, 0.05) is 29.8 Å². The van der Waals surface area contributed by atoms with Gasteiger partial charge in [0.25, 0.3) is 0 Å². The Balaban J connectivity index is 2.20. The molecule has 0 aliphatic heterocycles. The maximum Gasteiger partial charge on any atom is 0.129 e. The monoisotopic (exact) mass is 293 g/mol. The third-order valence-electron chi connectivity index (χ3n) is 3.06. The van der Waals surface area contributed by atoms with Gasteiger partial charge in [-0.2, -0.15) is 0 Å². The second-order valence-electron chi connectivity index (χ2n) is 4.75. The molecule has 1 atom stereocenters. The summed E-state index contributed by atoms with van der Waals surface area (Å²) in [6, 6.07) is 8.46. The van der Waals surface area contributed by atoms with Crippen LogP contribution in [0.5, 0.6) is 11.5 Å². The predicted molar refractivity (Wildman–Crippen MR) is 76.3 cm³/mol. The van der Waals surface area contributed by atoms with E-state index in [0.717, 1.165) is 29.3 Å². The molecule has 2 rings (SSSR count). The number of nitrogens with two attached hydrogens (primary N) is 1. The standard InChI is InChI=1S/C16H17F2NO2/c1-10(19)11-3-4-16(20-2)12(5-11)9-21-15-7-13(17)6-14(18)8-15/h3-8,10H,9,19H2,1-2H3. The van der Waals surface area contributed by atoms with Crippen molar-refractivity contribution in [1.82, 2.24) is 0 Å². The van der Waals surface area contributed by atoms with Crippen molar-refractivity contribution in [2.24, 2.45) is 5.73 Å². The fourth-order valence-electron chi connectivity index (χ4n) is 1.97. The maximum atomic E-state index is 13.1. The molecule has 0 aliphatic rings. The summed E-state index contributed by atoms with van der Waals surface area (Å²) in [7, 11) is 1.55. The van der Waals surface area contributed by atoms with Gasteiger partial charge in [-0.25, -0.2) is 8.78 Å². The average Bonchev–Trinajstić information content (AvgIpc) is 2.43. The first kappa shape index (κ1) is 15.3. The van der Waals surface area contributed by atoms with E-state index in [-0.39, 0.29) is 18.4 Å². The van der Waals surface area contributed by atoms with Crippen LogP contribution in [0.4, 0.5) is 8.78 Å². The number of rotatable bonds is 5. The van der Waals surface area contributed by atoms with Crippen molar-refractivity contribution in [2.75, 3.05) is 7.11 Å². The summed E-state index contributed by atoms with van der Waals surface area (Å²) in [5.74, 6) is -0.598. The molecule has 2 N–H and O–H groups in total. The molecular weight excluding hydrogens is 276 g/mol. The van der Waals surface area contributed by atoms with E-state index in [9.17, 15) is 8.78 Å². The highest BCUT2D eigenvalue weighted by atomic mass is 19.1. The zero-order chi connectivity index (χ0) is 15.4. The summed E-state index contributed by atoms with van der Waals surface area (Å²) >= 11 is 0. The second kappa shape index (κ2) is 6.54. The Morgan fingerprint density at radius 2 is 1.76 bits per heavy atom. The molecule has 3 nitrogen and oxygen atoms in total. The number of ether oxygens (including phenoxy) is 2. The van der Waals surface area contributed by atoms with Crippen LogP contribution in [0.3, 0.4) is 0 Å². The number of methoxy groups -OCH3 is 1. The maximum absolute atomic E-state index is 13.1. The summed E-state index contributed by atoms with van der Waals surface area (Å²) in [6.07, 6.45) is 0. The van der Waals surface area contributed by atoms with Crippen molar-refractivity contribution in [2.45, 2.75) is 19.6 Å². The van der Waals surface area contributed by atoms with Crippen LogP contribution < -0.4 is 15.2 Å². The lowest BCUT2D eigenvalue weighted by Crippen LogP contribution is -2.07. The Hall–Kier alpha value is -2.14. The van der Waals surface area contributed by atoms with Gasteiger partial charge in [-0.3, -0.25) is 0 Å². The van der Waals surface area contributed by atoms with E-state index >= 15 is 0 Å². The molecule has 2 aromatic carbocycles. The lowest BCUT2D eigenvalue weighted by molar-refractivity contribution is 0.293. The molecule has 2 aromatic rings. The molecule has 0 amide bonds. The zero-order valence-electron chi connectivity index (χ0n) is 11.9. The molecular formula is C16H17F2NO2. The van der Waals surface area contributed by atoms with E-state index in [1.54, 1.807) is 13.2 Å². The molecule has 0 bridgehead atoms. The fourth-order valence-corrected chi connectivity index (χ4v) is 1.97. The van der Waals surface area contributed by atoms with Crippen molar-refractivity contribution < 1.29 is 18.3 Å². The summed E-state index contributed by atoms with van der Waals surface area (Å²) in [5.41, 5.74) is 7.53. The van der Waals surface area contributed by atoms with Crippen molar-refractivity contribution in [3.63, 3.8) is 0 Å². The van der Waals surface area contributed by atoms with Gasteiger partial charge in [-0.15, -0.1) is 0 Å². The molecule has 112 valence electrons. The Kier molecular flexibility index (Phi) is 4.75. The minimum absolute atomic E-state index is 0.124. The van der Waals surface area contributed by atoms with Crippen LogP contribution in [0.1, 0.15) is 24.1 Å². The van der Waals surface area contributed by atoms with Crippen LogP contribution in [0.25, 0.3) is 0 Å². The lowest BCUT2D eigenvalue weighted by Gasteiger charge is -2.13. The van der Waals surface area contributed by atoms with Crippen LogP contribution in [0.2, 0.25) is 0 Å². The third kappa shape index (κ3) is 3.92. The number of halogens is 2. The van der Waals surface area contributed by atoms with Crippen LogP contribution in [0, 0.1) is 11.6 Å². The summed E-state index contributed by atoms with van der Waals surface area (Å²) < 4.78 is 36.9. The number of hydrogen-bond acceptors (Lipinski definition) is 3. The van der Waals surface area contributed by atoms with Crippen molar-refractivity contribution in [3.05, 3.63) is 59.2 Å². The van der Waals surface area contributed by atoms with E-state index in [1.807, 2.05) is 19.1 Å². The molecule has 0 aliphatic carbocycles. The SMILES string of the molecule is COc1ccc(C(C)N)cc1COc1cc(F)cc(F)c1. The summed E-state index contributed by atoms with van der Waals surface area (Å²) in [6.45, 7) is 2.00. The van der Waals surface area contributed by atoms with Gasteiger partial charge in [0.2, 0.25) is 0 Å². The number of benzene rings is 2. The molecule has 1 unspecified atom stereocenters. The second-order valence-corrected chi connectivity index (χ2v) is 4.75. The Labute approximate surface area is 122 Å². The Bertz CT molecular complexity index is 609. The quantitative estimate of drug-likeness (QED) is 0.916. The average molecular weight is 293 g/mol. The van der Waals surface area contributed by atoms with E-state index in [4.69, 9.17) is 15.2 Å². The van der Waals surface area contributed by atoms with Crippen LogP contribution in [-0.2, 0) is 6.61 Å². The van der Waals surface area contributed by atoms with Crippen molar-refractivity contribution in [3.8, 4) is 11.5 Å². The van der Waals surface area contributed by atoms with Crippen LogP contribution in [0.15, 0.2) is 36.4 Å². The minimum atomic E-state index is -0.679. The minimum Gasteiger partial charge on any atom is -0.496 e. The van der Waals surface area contributed by atoms with E-state index in [0.29, 0.717) is 5.75 Å². The smallest absolute Gasteiger partial charge is 0.129 e. The first-order valence-corrected chi connectivity index (χ1v) is 6.51. The first-order chi connectivity index (χ1) is 9.99. The molecule has 0 heterocycles. The summed E-state index contributed by atoms with van der Waals surface area (Å²) in [5, 5.41) is 0. The molecule has 0 saturated carbocycles. The first-order valence-electron chi connectivity index (χ1n) is 6.51. The molecule has 0 spiro atoms. The third-order valence-corrected chi connectivity index (χ3v) is 3.06. The van der Waals surface area contributed by atoms with E-state index in [1.165, 1.54) is 0 Å². The normalized spacial score (nSPS) is 12.0. The van der Waals surface area contributed by atoms with E-state index in [2.05, 4.69) is 0 Å². The highest BCUT2D eigenvalue weighted by Crippen LogP contribution is 2.25. The fraction of sp³-hybridized carbons (Fsp3) is 0.250. The van der Waals surface area contributed by atoms with Gasteiger partial charge in [-0.1, -0.05) is 6.07 Å². The highest BCUT2D eigenvalue weighted by molar-refractivity contribution is 5.38. The van der Waals surface area contributed by atoms with Crippen LogP contribution >= 0.6 is 0 Å². The van der Waals surface area contributed by atoms with Gasteiger partial charge in [-0.05, 0) is 24.6 Å². The van der Waals surface area contributed by atoms with Gasteiger partial charge < -0.3 is 15.2 Å². The Morgan fingerprint density at radius 3 is 2.33 bits per heavy atom. The van der Waals surface area contributed by atoms with Crippen LogP contribution in [-0.4, -0.2) is 7.11 Å². The van der Waals surface area contributed by atoms with Gasteiger partial charge in [0.05, 0.1) is 7.11 Å². The predicted octanol–water partition coefficient (Wildman–Crippen LogP) is 3.57. The molecule has 5 heteroatoms. The lowest BCUT2D eigenvalue weighted by atomic mass is 10.1. The molecule has 0 fully saturated rings. The Morgan fingerprint density at radius 1 is 1.10 bits per heavy atom. The highest BCUT2D eigenvalue weighted by Gasteiger charge is 2.09. The number of hydrogen-bond donors (Lipinski definition) is 1. The van der Waals surface area contributed by atoms with Crippen molar-refractivity contribution in [1.29, 1.82) is 0 Å². The molecule has 0 radical (unpaired) electrons. The topological polar surface area (TPSA) is 44.5 Å². The van der Waals surface area contributed by atoms with Gasteiger partial charge in [0.1, 0.15) is 29.7 Å².